The Morgan fingerprint density at radius 3 is 2.43 bits per heavy atom. The summed E-state index contributed by atoms with van der Waals surface area (Å²) in [5.41, 5.74) is 3.28. The van der Waals surface area contributed by atoms with Crippen LogP contribution >= 0.6 is 0 Å². The Labute approximate surface area is 208 Å². The highest BCUT2D eigenvalue weighted by atomic mass is 16.1. The summed E-state index contributed by atoms with van der Waals surface area (Å²) in [7, 11) is 0. The van der Waals surface area contributed by atoms with Crippen molar-refractivity contribution in [2.24, 2.45) is 5.92 Å². The van der Waals surface area contributed by atoms with Gasteiger partial charge in [-0.3, -0.25) is 4.79 Å². The van der Waals surface area contributed by atoms with E-state index >= 15 is 0 Å². The number of nitrogens with zero attached hydrogens (tertiary/aromatic N) is 3. The number of rotatable bonds is 8. The fraction of sp³-hybridized carbons (Fsp3) is 0.367. The molecule has 2 aromatic carbocycles. The highest BCUT2D eigenvalue weighted by molar-refractivity contribution is 5.78. The molecule has 0 bridgehead atoms. The van der Waals surface area contributed by atoms with Crippen molar-refractivity contribution in [1.29, 1.82) is 10.5 Å². The number of nitriles is 2. The van der Waals surface area contributed by atoms with Gasteiger partial charge in [0, 0.05) is 19.0 Å². The maximum atomic E-state index is 12.7. The molecule has 0 saturated carbocycles. The molecule has 35 heavy (non-hydrogen) atoms. The molecule has 5 heteroatoms. The van der Waals surface area contributed by atoms with E-state index in [4.69, 9.17) is 5.26 Å². The van der Waals surface area contributed by atoms with Gasteiger partial charge in [0.2, 0.25) is 5.91 Å². The van der Waals surface area contributed by atoms with E-state index in [1.807, 2.05) is 30.3 Å². The molecule has 1 fully saturated rings. The fourth-order valence-corrected chi connectivity index (χ4v) is 5.14. The van der Waals surface area contributed by atoms with E-state index in [0.29, 0.717) is 12.1 Å². The van der Waals surface area contributed by atoms with Crippen LogP contribution in [0.15, 0.2) is 78.4 Å². The van der Waals surface area contributed by atoms with Crippen LogP contribution in [0.25, 0.3) is 0 Å². The van der Waals surface area contributed by atoms with Gasteiger partial charge in [-0.1, -0.05) is 60.7 Å². The topological polar surface area (TPSA) is 79.9 Å². The molecule has 0 radical (unpaired) electrons. The van der Waals surface area contributed by atoms with E-state index in [1.54, 1.807) is 12.1 Å². The van der Waals surface area contributed by atoms with Crippen LogP contribution in [0.4, 0.5) is 0 Å². The second-order valence-electron chi connectivity index (χ2n) is 9.43. The Hall–Kier alpha value is -3.67. The maximum absolute atomic E-state index is 12.7. The van der Waals surface area contributed by atoms with Crippen molar-refractivity contribution in [3.63, 3.8) is 0 Å². The molecule has 4 rings (SSSR count). The lowest BCUT2D eigenvalue weighted by Gasteiger charge is -2.36. The van der Waals surface area contributed by atoms with Gasteiger partial charge in [-0.25, -0.2) is 0 Å². The van der Waals surface area contributed by atoms with Gasteiger partial charge < -0.3 is 10.2 Å². The summed E-state index contributed by atoms with van der Waals surface area (Å²) in [4.78, 5) is 15.1. The summed E-state index contributed by atoms with van der Waals surface area (Å²) < 4.78 is 0. The third kappa shape index (κ3) is 5.88. The third-order valence-corrected chi connectivity index (χ3v) is 7.33. The van der Waals surface area contributed by atoms with Crippen molar-refractivity contribution in [2.75, 3.05) is 19.6 Å². The SMILES string of the molecule is N#Cc1ccc(CNC(=O)C2CCN(CCC(C#N)(C3=CC=CCC3)c3ccccc3)CC2)cc1. The molecule has 2 aromatic rings. The Morgan fingerprint density at radius 2 is 1.80 bits per heavy atom. The highest BCUT2D eigenvalue weighted by Crippen LogP contribution is 2.39. The molecule has 1 aliphatic heterocycles. The maximum Gasteiger partial charge on any atom is 0.223 e. The van der Waals surface area contributed by atoms with Crippen LogP contribution in [0.5, 0.6) is 0 Å². The first-order valence-electron chi connectivity index (χ1n) is 12.5. The summed E-state index contributed by atoms with van der Waals surface area (Å²) in [6.07, 6.45) is 10.7. The van der Waals surface area contributed by atoms with Gasteiger partial charge in [-0.15, -0.1) is 0 Å². The van der Waals surface area contributed by atoms with Crippen molar-refractivity contribution < 1.29 is 4.79 Å². The molecule has 1 N–H and O–H groups in total. The van der Waals surface area contributed by atoms with Crippen molar-refractivity contribution >= 4 is 5.91 Å². The predicted molar refractivity (Wildman–Crippen MR) is 137 cm³/mol. The smallest absolute Gasteiger partial charge is 0.223 e. The van der Waals surface area contributed by atoms with Gasteiger partial charge in [0.05, 0.1) is 17.7 Å². The highest BCUT2D eigenvalue weighted by Gasteiger charge is 2.37. The van der Waals surface area contributed by atoms with E-state index in [0.717, 1.165) is 62.9 Å². The summed E-state index contributed by atoms with van der Waals surface area (Å²) in [6, 6.07) is 22.3. The lowest BCUT2D eigenvalue weighted by molar-refractivity contribution is -0.126. The number of piperidine rings is 1. The number of nitrogens with one attached hydrogen (secondary N) is 1. The third-order valence-electron chi connectivity index (χ3n) is 7.33. The standard InChI is InChI=1S/C30H32N4O/c31-21-24-11-13-25(14-12-24)22-33-29(35)26-15-18-34(19-16-26)20-17-30(23-32,27-7-3-1-4-8-27)28-9-5-2-6-10-28/h1-5,7-9,11-14,26H,6,10,15-20,22H2,(H,33,35). The largest absolute Gasteiger partial charge is 0.352 e. The molecular weight excluding hydrogens is 432 g/mol. The van der Waals surface area contributed by atoms with Crippen molar-refractivity contribution in [3.05, 3.63) is 95.1 Å². The molecule has 5 nitrogen and oxygen atoms in total. The molecule has 1 saturated heterocycles. The predicted octanol–water partition coefficient (Wildman–Crippen LogP) is 5.01. The number of benzene rings is 2. The van der Waals surface area contributed by atoms with Gasteiger partial charge in [-0.2, -0.15) is 10.5 Å². The van der Waals surface area contributed by atoms with Crippen LogP contribution in [0.2, 0.25) is 0 Å². The van der Waals surface area contributed by atoms with Crippen LogP contribution in [0, 0.1) is 28.6 Å². The molecule has 1 unspecified atom stereocenters. The number of carbonyl (C=O) groups excluding carboxylic acids is 1. The van der Waals surface area contributed by atoms with Crippen LogP contribution in [0.3, 0.4) is 0 Å². The van der Waals surface area contributed by atoms with E-state index in [1.165, 1.54) is 5.57 Å². The molecule has 1 amide bonds. The molecule has 1 heterocycles. The Morgan fingerprint density at radius 1 is 1.06 bits per heavy atom. The molecule has 0 aromatic heterocycles. The lowest BCUT2D eigenvalue weighted by Crippen LogP contribution is -2.42. The Kier molecular flexibility index (Phi) is 8.14. The first-order chi connectivity index (χ1) is 17.1. The van der Waals surface area contributed by atoms with Gasteiger partial charge in [0.15, 0.2) is 0 Å². The van der Waals surface area contributed by atoms with E-state index in [2.05, 4.69) is 52.7 Å². The van der Waals surface area contributed by atoms with Crippen LogP contribution in [-0.2, 0) is 16.8 Å². The number of hydrogen-bond donors (Lipinski definition) is 1. The number of carbonyl (C=O) groups is 1. The molecule has 178 valence electrons. The molecule has 1 atom stereocenters. The van der Waals surface area contributed by atoms with Gasteiger partial charge >= 0.3 is 0 Å². The zero-order valence-electron chi connectivity index (χ0n) is 20.1. The molecule has 1 aliphatic carbocycles. The van der Waals surface area contributed by atoms with E-state index in [-0.39, 0.29) is 11.8 Å². The summed E-state index contributed by atoms with van der Waals surface area (Å²) in [5, 5.41) is 22.4. The summed E-state index contributed by atoms with van der Waals surface area (Å²) in [5.74, 6) is 0.120. The van der Waals surface area contributed by atoms with E-state index < -0.39 is 5.41 Å². The molecule has 2 aliphatic rings. The van der Waals surface area contributed by atoms with Crippen molar-refractivity contribution in [1.82, 2.24) is 10.2 Å². The number of amides is 1. The Balaban J connectivity index is 1.32. The Bertz CT molecular complexity index is 1150. The summed E-state index contributed by atoms with van der Waals surface area (Å²) in [6.45, 7) is 3.05. The average molecular weight is 465 g/mol. The second-order valence-corrected chi connectivity index (χ2v) is 9.43. The van der Waals surface area contributed by atoms with Gasteiger partial charge in [0.1, 0.15) is 5.41 Å². The summed E-state index contributed by atoms with van der Waals surface area (Å²) >= 11 is 0. The average Bonchev–Trinajstić information content (AvgIpc) is 2.94. The van der Waals surface area contributed by atoms with Crippen LogP contribution in [0.1, 0.15) is 48.8 Å². The number of hydrogen-bond acceptors (Lipinski definition) is 4. The fourth-order valence-electron chi connectivity index (χ4n) is 5.14. The van der Waals surface area contributed by atoms with Crippen molar-refractivity contribution in [3.8, 4) is 12.1 Å². The van der Waals surface area contributed by atoms with Crippen LogP contribution < -0.4 is 5.32 Å². The van der Waals surface area contributed by atoms with Gasteiger partial charge in [-0.05, 0) is 74.0 Å². The monoisotopic (exact) mass is 464 g/mol. The minimum Gasteiger partial charge on any atom is -0.352 e. The zero-order chi connectivity index (χ0) is 24.5. The number of likely N-dealkylation sites (tertiary alicyclic amines) is 1. The minimum absolute atomic E-state index is 0.0191. The second kappa shape index (κ2) is 11.6. The minimum atomic E-state index is -0.610. The van der Waals surface area contributed by atoms with Crippen LogP contribution in [-0.4, -0.2) is 30.4 Å². The molecule has 0 spiro atoms. The molecular formula is C30H32N4O. The first-order valence-corrected chi connectivity index (χ1v) is 12.5. The number of allylic oxidation sites excluding steroid dienone is 4. The van der Waals surface area contributed by atoms with Crippen molar-refractivity contribution in [2.45, 2.75) is 44.1 Å². The zero-order valence-corrected chi connectivity index (χ0v) is 20.1. The normalized spacial score (nSPS) is 18.1. The van der Waals surface area contributed by atoms with E-state index in [9.17, 15) is 10.1 Å². The quantitative estimate of drug-likeness (QED) is 0.595. The lowest BCUT2D eigenvalue weighted by atomic mass is 9.70. The van der Waals surface area contributed by atoms with Gasteiger partial charge in [0.25, 0.3) is 0 Å². The first kappa shape index (κ1) is 24.5.